The summed E-state index contributed by atoms with van der Waals surface area (Å²) in [6.07, 6.45) is 2.92. The van der Waals surface area contributed by atoms with Gasteiger partial charge in [-0.1, -0.05) is 41.3 Å². The van der Waals surface area contributed by atoms with Crippen LogP contribution in [0.2, 0.25) is 10.0 Å². The molecule has 0 saturated heterocycles. The van der Waals surface area contributed by atoms with Crippen molar-refractivity contribution >= 4 is 34.8 Å². The lowest BCUT2D eigenvalue weighted by Gasteiger charge is -2.15. The van der Waals surface area contributed by atoms with Crippen molar-refractivity contribution in [3.63, 3.8) is 0 Å². The third-order valence-corrected chi connectivity index (χ3v) is 6.22. The number of anilines is 1. The molecule has 1 N–H and O–H groups in total. The van der Waals surface area contributed by atoms with Crippen LogP contribution in [0.4, 0.5) is 5.69 Å². The van der Waals surface area contributed by atoms with E-state index in [0.717, 1.165) is 47.5 Å². The molecule has 1 aliphatic carbocycles. The van der Waals surface area contributed by atoms with E-state index in [2.05, 4.69) is 22.5 Å². The Balaban J connectivity index is 1.57. The van der Waals surface area contributed by atoms with Crippen LogP contribution in [0.5, 0.6) is 0 Å². The smallest absolute Gasteiger partial charge is 0.278 e. The molecule has 0 radical (unpaired) electrons. The average molecular weight is 433 g/mol. The third-order valence-electron chi connectivity index (χ3n) is 5.48. The van der Waals surface area contributed by atoms with Crippen molar-refractivity contribution < 1.29 is 9.32 Å². The highest BCUT2D eigenvalue weighted by molar-refractivity contribution is 6.42. The van der Waals surface area contributed by atoms with E-state index in [1.807, 2.05) is 30.7 Å². The number of nitrogens with one attached hydrogen (secondary N) is 1. The van der Waals surface area contributed by atoms with Crippen LogP contribution in [0.1, 0.15) is 64.4 Å². The number of fused-ring (bicyclic) bond motifs is 1. The summed E-state index contributed by atoms with van der Waals surface area (Å²) in [7, 11) is 0. The maximum atomic E-state index is 12.9. The molecule has 2 aromatic heterocycles. The number of nitrogens with zero attached hydrogens (tertiary/aromatic N) is 3. The molecule has 0 fully saturated rings. The van der Waals surface area contributed by atoms with Gasteiger partial charge >= 0.3 is 0 Å². The number of halogens is 2. The molecule has 1 atom stereocenters. The minimum Gasteiger partial charge on any atom is -0.360 e. The largest absolute Gasteiger partial charge is 0.360 e. The highest BCUT2D eigenvalue weighted by Gasteiger charge is 2.29. The van der Waals surface area contributed by atoms with Gasteiger partial charge in [-0.25, -0.2) is 0 Å². The summed E-state index contributed by atoms with van der Waals surface area (Å²) in [4.78, 5) is 12.9. The topological polar surface area (TPSA) is 73.0 Å². The van der Waals surface area contributed by atoms with Gasteiger partial charge in [0, 0.05) is 11.5 Å². The number of hydrogen-bond donors (Lipinski definition) is 1. The summed E-state index contributed by atoms with van der Waals surface area (Å²) < 4.78 is 7.31. The standard InChI is InChI=1S/C21H22Cl2N4O2/c1-11-5-4-6-15-19(26-29-20(11)15)21(28)24-18-12(2)25-27(13(18)3)10-14-7-8-16(22)17(23)9-14/h7-9,11H,4-6,10H2,1-3H3,(H,24,28). The van der Waals surface area contributed by atoms with E-state index in [4.69, 9.17) is 27.7 Å². The molecule has 1 aliphatic rings. The minimum absolute atomic E-state index is 0.260. The summed E-state index contributed by atoms with van der Waals surface area (Å²) in [5.41, 5.74) is 4.56. The van der Waals surface area contributed by atoms with Crippen LogP contribution in [-0.4, -0.2) is 20.8 Å². The lowest BCUT2D eigenvalue weighted by Crippen LogP contribution is -2.17. The molecule has 1 amide bonds. The zero-order chi connectivity index (χ0) is 20.7. The van der Waals surface area contributed by atoms with E-state index in [-0.39, 0.29) is 5.91 Å². The molecule has 4 rings (SSSR count). The Morgan fingerprint density at radius 1 is 1.31 bits per heavy atom. The number of amides is 1. The summed E-state index contributed by atoms with van der Waals surface area (Å²) in [6.45, 7) is 6.42. The van der Waals surface area contributed by atoms with Crippen LogP contribution in [0.25, 0.3) is 0 Å². The predicted molar refractivity (Wildman–Crippen MR) is 113 cm³/mol. The van der Waals surface area contributed by atoms with Crippen LogP contribution in [-0.2, 0) is 13.0 Å². The molecule has 6 nitrogen and oxygen atoms in total. The second kappa shape index (κ2) is 7.84. The van der Waals surface area contributed by atoms with Crippen molar-refractivity contribution in [2.75, 3.05) is 5.32 Å². The molecular formula is C21H22Cl2N4O2. The molecule has 0 bridgehead atoms. The van der Waals surface area contributed by atoms with E-state index in [9.17, 15) is 4.79 Å². The summed E-state index contributed by atoms with van der Waals surface area (Å²) in [5.74, 6) is 0.875. The molecule has 1 unspecified atom stereocenters. The number of carbonyl (C=O) groups is 1. The number of benzene rings is 1. The first-order valence-corrected chi connectivity index (χ1v) is 10.4. The van der Waals surface area contributed by atoms with Crippen molar-refractivity contribution in [3.05, 3.63) is 62.2 Å². The van der Waals surface area contributed by atoms with E-state index in [0.29, 0.717) is 33.9 Å². The molecule has 1 aromatic carbocycles. The highest BCUT2D eigenvalue weighted by atomic mass is 35.5. The van der Waals surface area contributed by atoms with Gasteiger partial charge in [0.15, 0.2) is 5.69 Å². The first-order chi connectivity index (χ1) is 13.8. The Labute approximate surface area is 179 Å². The number of carbonyl (C=O) groups excluding carboxylic acids is 1. The van der Waals surface area contributed by atoms with Gasteiger partial charge in [-0.3, -0.25) is 9.48 Å². The first-order valence-electron chi connectivity index (χ1n) is 9.63. The summed E-state index contributed by atoms with van der Waals surface area (Å²) in [5, 5.41) is 12.6. The SMILES string of the molecule is Cc1nn(Cc2ccc(Cl)c(Cl)c2)c(C)c1NC(=O)c1noc2c1CCCC2C. The number of aromatic nitrogens is 3. The summed E-state index contributed by atoms with van der Waals surface area (Å²) >= 11 is 12.1. The van der Waals surface area contributed by atoms with Gasteiger partial charge in [-0.15, -0.1) is 0 Å². The van der Waals surface area contributed by atoms with E-state index in [1.54, 1.807) is 6.07 Å². The molecular weight excluding hydrogens is 411 g/mol. The van der Waals surface area contributed by atoms with Gasteiger partial charge in [0.1, 0.15) is 5.76 Å². The van der Waals surface area contributed by atoms with Crippen molar-refractivity contribution in [1.29, 1.82) is 0 Å². The Morgan fingerprint density at radius 3 is 2.86 bits per heavy atom. The van der Waals surface area contributed by atoms with Gasteiger partial charge in [0.2, 0.25) is 0 Å². The van der Waals surface area contributed by atoms with Crippen molar-refractivity contribution in [2.45, 2.75) is 52.5 Å². The van der Waals surface area contributed by atoms with Crippen LogP contribution in [0.15, 0.2) is 22.7 Å². The third kappa shape index (κ3) is 3.79. The predicted octanol–water partition coefficient (Wildman–Crippen LogP) is 5.54. The van der Waals surface area contributed by atoms with E-state index in [1.165, 1.54) is 0 Å². The Hall–Kier alpha value is -2.31. The van der Waals surface area contributed by atoms with Gasteiger partial charge in [-0.05, 0) is 50.8 Å². The molecule has 152 valence electrons. The molecule has 0 saturated carbocycles. The summed E-state index contributed by atoms with van der Waals surface area (Å²) in [6, 6.07) is 5.50. The molecule has 3 aromatic rings. The van der Waals surface area contributed by atoms with Crippen LogP contribution >= 0.6 is 23.2 Å². The van der Waals surface area contributed by atoms with Gasteiger partial charge in [-0.2, -0.15) is 5.10 Å². The van der Waals surface area contributed by atoms with E-state index < -0.39 is 0 Å². The van der Waals surface area contributed by atoms with Crippen molar-refractivity contribution in [3.8, 4) is 0 Å². The minimum atomic E-state index is -0.260. The highest BCUT2D eigenvalue weighted by Crippen LogP contribution is 2.33. The fourth-order valence-electron chi connectivity index (χ4n) is 3.86. The maximum absolute atomic E-state index is 12.9. The first kappa shape index (κ1) is 20.0. The number of rotatable bonds is 4. The molecule has 8 heteroatoms. The second-order valence-corrected chi connectivity index (χ2v) is 8.39. The fraction of sp³-hybridized carbons (Fsp3) is 0.381. The number of aryl methyl sites for hydroxylation is 1. The monoisotopic (exact) mass is 432 g/mol. The number of hydrogen-bond acceptors (Lipinski definition) is 4. The second-order valence-electron chi connectivity index (χ2n) is 7.57. The van der Waals surface area contributed by atoms with Crippen LogP contribution in [0, 0.1) is 13.8 Å². The molecule has 2 heterocycles. The van der Waals surface area contributed by atoms with Crippen LogP contribution in [0.3, 0.4) is 0 Å². The molecule has 0 spiro atoms. The Morgan fingerprint density at radius 2 is 2.10 bits per heavy atom. The molecule has 29 heavy (non-hydrogen) atoms. The van der Waals surface area contributed by atoms with Gasteiger partial charge in [0.05, 0.1) is 33.7 Å². The van der Waals surface area contributed by atoms with Gasteiger partial charge < -0.3 is 9.84 Å². The van der Waals surface area contributed by atoms with Crippen molar-refractivity contribution in [2.24, 2.45) is 0 Å². The van der Waals surface area contributed by atoms with Crippen LogP contribution < -0.4 is 5.32 Å². The quantitative estimate of drug-likeness (QED) is 0.587. The lowest BCUT2D eigenvalue weighted by atomic mass is 9.88. The van der Waals surface area contributed by atoms with Crippen molar-refractivity contribution in [1.82, 2.24) is 14.9 Å². The normalized spacial score (nSPS) is 16.0. The molecule has 0 aliphatic heterocycles. The lowest BCUT2D eigenvalue weighted by molar-refractivity contribution is 0.101. The van der Waals surface area contributed by atoms with Gasteiger partial charge in [0.25, 0.3) is 5.91 Å². The zero-order valence-corrected chi connectivity index (χ0v) is 18.1. The fourth-order valence-corrected chi connectivity index (χ4v) is 4.18. The average Bonchev–Trinajstić information content (AvgIpc) is 3.23. The Kier molecular flexibility index (Phi) is 5.40. The Bertz CT molecular complexity index is 1090. The zero-order valence-electron chi connectivity index (χ0n) is 16.6. The maximum Gasteiger partial charge on any atom is 0.278 e. The van der Waals surface area contributed by atoms with E-state index >= 15 is 0 Å².